The van der Waals surface area contributed by atoms with Gasteiger partial charge < -0.3 is 15.0 Å². The van der Waals surface area contributed by atoms with Gasteiger partial charge in [-0.2, -0.15) is 0 Å². The van der Waals surface area contributed by atoms with E-state index in [-0.39, 0.29) is 11.8 Å². The molecule has 2 amide bonds. The summed E-state index contributed by atoms with van der Waals surface area (Å²) >= 11 is 0. The van der Waals surface area contributed by atoms with E-state index in [9.17, 15) is 9.59 Å². The number of unbranched alkanes of at least 4 members (excludes halogenated alkanes) is 1. The normalized spacial score (nSPS) is 10.5. The zero-order valence-corrected chi connectivity index (χ0v) is 18.0. The zero-order chi connectivity index (χ0) is 21.8. The number of benzene rings is 2. The second kappa shape index (κ2) is 12.6. The number of aryl methyl sites for hydroxylation is 1. The third-order valence-corrected chi connectivity index (χ3v) is 5.01. The number of hydrogen-bond acceptors (Lipinski definition) is 3. The molecule has 5 heteroatoms. The first-order valence-electron chi connectivity index (χ1n) is 10.4. The molecular formula is C25H32N2O3. The minimum atomic E-state index is -0.00623. The molecule has 0 aliphatic rings. The molecule has 0 fully saturated rings. The number of nitrogens with one attached hydrogen (secondary N) is 1. The Bertz CT molecular complexity index is 848. The number of carbonyl (C=O) groups excluding carboxylic acids is 2. The fraction of sp³-hybridized carbons (Fsp3) is 0.360. The molecule has 0 bridgehead atoms. The molecule has 0 spiro atoms. The van der Waals surface area contributed by atoms with E-state index in [1.807, 2.05) is 41.3 Å². The van der Waals surface area contributed by atoms with Crippen LogP contribution in [0.25, 0.3) is 6.08 Å². The van der Waals surface area contributed by atoms with E-state index in [4.69, 9.17) is 4.74 Å². The number of para-hydroxylation sites is 1. The van der Waals surface area contributed by atoms with Crippen molar-refractivity contribution in [1.82, 2.24) is 5.32 Å². The van der Waals surface area contributed by atoms with Crippen LogP contribution in [0.4, 0.5) is 5.69 Å². The predicted molar refractivity (Wildman–Crippen MR) is 122 cm³/mol. The summed E-state index contributed by atoms with van der Waals surface area (Å²) in [5.41, 5.74) is 4.05. The average Bonchev–Trinajstić information content (AvgIpc) is 2.76. The number of amides is 2. The summed E-state index contributed by atoms with van der Waals surface area (Å²) in [7, 11) is 1.60. The van der Waals surface area contributed by atoms with Gasteiger partial charge in [-0.05, 0) is 42.5 Å². The third-order valence-electron chi connectivity index (χ3n) is 5.01. The van der Waals surface area contributed by atoms with Crippen LogP contribution in [0.3, 0.4) is 0 Å². The van der Waals surface area contributed by atoms with Gasteiger partial charge in [0.2, 0.25) is 11.8 Å². The van der Waals surface area contributed by atoms with Crippen LogP contribution in [0.15, 0.2) is 55.1 Å². The number of rotatable bonds is 12. The van der Waals surface area contributed by atoms with Gasteiger partial charge in [0.1, 0.15) is 0 Å². The summed E-state index contributed by atoms with van der Waals surface area (Å²) < 4.78 is 4.92. The van der Waals surface area contributed by atoms with Gasteiger partial charge in [-0.3, -0.25) is 9.59 Å². The summed E-state index contributed by atoms with van der Waals surface area (Å²) in [5.74, 6) is 0.0422. The van der Waals surface area contributed by atoms with Crippen LogP contribution in [0.1, 0.15) is 42.4 Å². The molecule has 160 valence electrons. The zero-order valence-electron chi connectivity index (χ0n) is 18.0. The summed E-state index contributed by atoms with van der Waals surface area (Å²) in [6, 6.07) is 15.9. The highest BCUT2D eigenvalue weighted by atomic mass is 16.5. The van der Waals surface area contributed by atoms with Crippen molar-refractivity contribution >= 4 is 23.6 Å². The van der Waals surface area contributed by atoms with E-state index in [2.05, 4.69) is 31.0 Å². The molecule has 0 atom stereocenters. The Hall–Kier alpha value is -2.92. The molecule has 0 radical (unpaired) electrons. The van der Waals surface area contributed by atoms with E-state index in [1.54, 1.807) is 13.2 Å². The molecule has 0 aromatic heterocycles. The summed E-state index contributed by atoms with van der Waals surface area (Å²) in [5, 5.41) is 2.80. The Morgan fingerprint density at radius 2 is 1.77 bits per heavy atom. The Labute approximate surface area is 179 Å². The molecule has 5 nitrogen and oxygen atoms in total. The van der Waals surface area contributed by atoms with Crippen LogP contribution in [0.5, 0.6) is 0 Å². The molecule has 30 heavy (non-hydrogen) atoms. The Morgan fingerprint density at radius 3 is 2.50 bits per heavy atom. The lowest BCUT2D eigenvalue weighted by atomic mass is 10.1. The smallest absolute Gasteiger partial charge is 0.227 e. The third kappa shape index (κ3) is 7.16. The molecule has 0 saturated carbocycles. The van der Waals surface area contributed by atoms with Gasteiger partial charge in [0.15, 0.2) is 0 Å². The predicted octanol–water partition coefficient (Wildman–Crippen LogP) is 4.49. The minimum absolute atomic E-state index is 0.00623. The lowest BCUT2D eigenvalue weighted by Crippen LogP contribution is -2.31. The monoisotopic (exact) mass is 408 g/mol. The van der Waals surface area contributed by atoms with Gasteiger partial charge in [-0.25, -0.2) is 0 Å². The van der Waals surface area contributed by atoms with Crippen molar-refractivity contribution in [1.29, 1.82) is 0 Å². The largest absolute Gasteiger partial charge is 0.383 e. The summed E-state index contributed by atoms with van der Waals surface area (Å²) in [4.78, 5) is 26.8. The number of hydrogen-bond donors (Lipinski definition) is 1. The van der Waals surface area contributed by atoms with Gasteiger partial charge in [0.05, 0.1) is 18.8 Å². The van der Waals surface area contributed by atoms with Gasteiger partial charge in [0, 0.05) is 26.5 Å². The second-order valence-corrected chi connectivity index (χ2v) is 7.22. The van der Waals surface area contributed by atoms with Gasteiger partial charge in [-0.1, -0.05) is 55.1 Å². The summed E-state index contributed by atoms with van der Waals surface area (Å²) in [6.45, 7) is 7.47. The first-order valence-corrected chi connectivity index (χ1v) is 10.4. The number of nitrogens with zero attached hydrogens (tertiary/aromatic N) is 1. The maximum Gasteiger partial charge on any atom is 0.227 e. The lowest BCUT2D eigenvalue weighted by Gasteiger charge is -2.25. The van der Waals surface area contributed by atoms with Gasteiger partial charge in [-0.15, -0.1) is 0 Å². The standard InChI is InChI=1S/C25H32N2O3/c1-4-21-12-7-8-14-23(21)27(19-22-13-6-5-11-20(22)2)25(29)16-10-9-15-24(28)26-17-18-30-3/h4-8,11-14H,1,9-10,15-19H2,2-3H3,(H,26,28). The van der Waals surface area contributed by atoms with Crippen LogP contribution in [-0.4, -0.2) is 32.1 Å². The Morgan fingerprint density at radius 1 is 1.07 bits per heavy atom. The molecule has 2 rings (SSSR count). The molecule has 0 aliphatic heterocycles. The number of anilines is 1. The van der Waals surface area contributed by atoms with E-state index in [1.165, 1.54) is 0 Å². The topological polar surface area (TPSA) is 58.6 Å². The van der Waals surface area contributed by atoms with E-state index >= 15 is 0 Å². The summed E-state index contributed by atoms with van der Waals surface area (Å²) in [6.07, 6.45) is 3.92. The van der Waals surface area contributed by atoms with Crippen molar-refractivity contribution < 1.29 is 14.3 Å². The Balaban J connectivity index is 2.03. The molecule has 2 aromatic carbocycles. The Kier molecular flexibility index (Phi) is 9.81. The molecule has 0 heterocycles. The van der Waals surface area contributed by atoms with Crippen molar-refractivity contribution in [2.24, 2.45) is 0 Å². The highest BCUT2D eigenvalue weighted by molar-refractivity contribution is 5.95. The lowest BCUT2D eigenvalue weighted by molar-refractivity contribution is -0.122. The first kappa shape index (κ1) is 23.4. The van der Waals surface area contributed by atoms with Gasteiger partial charge >= 0.3 is 0 Å². The minimum Gasteiger partial charge on any atom is -0.383 e. The molecule has 2 aromatic rings. The van der Waals surface area contributed by atoms with Crippen LogP contribution in [-0.2, 0) is 20.9 Å². The van der Waals surface area contributed by atoms with Crippen LogP contribution in [0, 0.1) is 6.92 Å². The first-order chi connectivity index (χ1) is 14.6. The molecule has 0 aliphatic carbocycles. The van der Waals surface area contributed by atoms with E-state index in [0.29, 0.717) is 45.4 Å². The molecule has 0 saturated heterocycles. The number of methoxy groups -OCH3 is 1. The highest BCUT2D eigenvalue weighted by Crippen LogP contribution is 2.25. The van der Waals surface area contributed by atoms with Crippen LogP contribution < -0.4 is 10.2 Å². The SMILES string of the molecule is C=Cc1ccccc1N(Cc1ccccc1C)C(=O)CCCCC(=O)NCCOC. The fourth-order valence-electron chi connectivity index (χ4n) is 3.25. The van der Waals surface area contributed by atoms with Crippen molar-refractivity contribution in [2.75, 3.05) is 25.2 Å². The number of ether oxygens (including phenoxy) is 1. The van der Waals surface area contributed by atoms with E-state index < -0.39 is 0 Å². The maximum absolute atomic E-state index is 13.2. The van der Waals surface area contributed by atoms with Gasteiger partial charge in [0.25, 0.3) is 0 Å². The number of carbonyl (C=O) groups is 2. The van der Waals surface area contributed by atoms with Crippen molar-refractivity contribution in [3.63, 3.8) is 0 Å². The van der Waals surface area contributed by atoms with Crippen molar-refractivity contribution in [3.8, 4) is 0 Å². The fourth-order valence-corrected chi connectivity index (χ4v) is 3.25. The quantitative estimate of drug-likeness (QED) is 0.526. The van der Waals surface area contributed by atoms with Crippen molar-refractivity contribution in [2.45, 2.75) is 39.2 Å². The van der Waals surface area contributed by atoms with Crippen molar-refractivity contribution in [3.05, 3.63) is 71.8 Å². The maximum atomic E-state index is 13.2. The average molecular weight is 409 g/mol. The highest BCUT2D eigenvalue weighted by Gasteiger charge is 2.19. The molecule has 0 unspecified atom stereocenters. The van der Waals surface area contributed by atoms with Crippen LogP contribution in [0.2, 0.25) is 0 Å². The van der Waals surface area contributed by atoms with Crippen LogP contribution >= 0.6 is 0 Å². The van der Waals surface area contributed by atoms with E-state index in [0.717, 1.165) is 22.4 Å². The molecular weight excluding hydrogens is 376 g/mol. The second-order valence-electron chi connectivity index (χ2n) is 7.22. The molecule has 1 N–H and O–H groups in total.